The Morgan fingerprint density at radius 2 is 1.80 bits per heavy atom. The summed E-state index contributed by atoms with van der Waals surface area (Å²) in [5, 5.41) is 0. The summed E-state index contributed by atoms with van der Waals surface area (Å²) in [7, 11) is 0. The first kappa shape index (κ1) is 27.2. The molecule has 1 aliphatic carbocycles. The number of carbonyl (C=O) groups excluding carboxylic acids is 1. The maximum Gasteiger partial charge on any atom is 0.133 e. The summed E-state index contributed by atoms with van der Waals surface area (Å²) in [6, 6.07) is 17.3. The smallest absolute Gasteiger partial charge is 0.133 e. The van der Waals surface area contributed by atoms with Crippen LogP contribution in [-0.2, 0) is 16.8 Å². The van der Waals surface area contributed by atoms with Gasteiger partial charge in [-0.25, -0.2) is 0 Å². The molecule has 2 aromatic rings. The molecule has 0 radical (unpaired) electrons. The molecule has 0 amide bonds. The highest BCUT2D eigenvalue weighted by atomic mass is 16.5. The van der Waals surface area contributed by atoms with Crippen molar-refractivity contribution < 1.29 is 9.53 Å². The van der Waals surface area contributed by atoms with Crippen molar-refractivity contribution in [3.63, 3.8) is 0 Å². The topological polar surface area (TPSA) is 26.3 Å². The SMILES string of the molecule is CC/C=C/CC1CCC(=O)CC1c1ccc(C(C)(C)CCCCCC)cc1OCc1ccccc1. The second-order valence-electron chi connectivity index (χ2n) is 11.0. The lowest BCUT2D eigenvalue weighted by Crippen LogP contribution is -2.24. The number of Topliss-reactive ketones (excluding diaryl/α,β-unsaturated/α-hetero) is 1. The lowest BCUT2D eigenvalue weighted by molar-refractivity contribution is -0.121. The summed E-state index contributed by atoms with van der Waals surface area (Å²) < 4.78 is 6.54. The first-order valence-corrected chi connectivity index (χ1v) is 13.9. The van der Waals surface area contributed by atoms with Crippen LogP contribution in [0.3, 0.4) is 0 Å². The second kappa shape index (κ2) is 13.7. The number of rotatable bonds is 13. The first-order valence-electron chi connectivity index (χ1n) is 13.9. The van der Waals surface area contributed by atoms with Gasteiger partial charge in [-0.1, -0.05) is 108 Å². The number of ketones is 1. The van der Waals surface area contributed by atoms with Gasteiger partial charge in [0.25, 0.3) is 0 Å². The van der Waals surface area contributed by atoms with Crippen molar-refractivity contribution in [3.8, 4) is 5.75 Å². The fraction of sp³-hybridized carbons (Fsp3) is 0.545. The van der Waals surface area contributed by atoms with E-state index in [0.29, 0.717) is 31.1 Å². The standard InChI is InChI=1S/C33H46O2/c1-5-7-9-14-22-33(3,4)28-19-21-30(32(23-28)35-25-26-15-12-10-13-16-26)31-24-29(34)20-18-27(31)17-11-8-6-2/h8,10-13,15-16,19,21,23,27,31H,5-7,9,14,17-18,20,22,24-25H2,1-4H3/b11-8+. The molecule has 2 unspecified atom stereocenters. The molecule has 1 saturated carbocycles. The fourth-order valence-corrected chi connectivity index (χ4v) is 5.41. The monoisotopic (exact) mass is 474 g/mol. The Balaban J connectivity index is 1.90. The average Bonchev–Trinajstić information content (AvgIpc) is 2.87. The molecule has 0 aromatic heterocycles. The highest BCUT2D eigenvalue weighted by molar-refractivity contribution is 5.80. The Hall–Kier alpha value is -2.35. The van der Waals surface area contributed by atoms with E-state index in [1.54, 1.807) is 0 Å². The van der Waals surface area contributed by atoms with Gasteiger partial charge in [-0.3, -0.25) is 4.79 Å². The zero-order chi connectivity index (χ0) is 25.1. The van der Waals surface area contributed by atoms with Crippen molar-refractivity contribution >= 4 is 5.78 Å². The molecule has 1 fully saturated rings. The summed E-state index contributed by atoms with van der Waals surface area (Å²) in [5.74, 6) is 2.07. The van der Waals surface area contributed by atoms with Crippen molar-refractivity contribution in [1.82, 2.24) is 0 Å². The van der Waals surface area contributed by atoms with E-state index < -0.39 is 0 Å². The molecule has 2 heteroatoms. The molecule has 0 bridgehead atoms. The number of allylic oxidation sites excluding steroid dienone is 2. The lowest BCUT2D eigenvalue weighted by atomic mass is 9.72. The maximum absolute atomic E-state index is 12.6. The Morgan fingerprint density at radius 1 is 1.00 bits per heavy atom. The van der Waals surface area contributed by atoms with Gasteiger partial charge in [0.2, 0.25) is 0 Å². The lowest BCUT2D eigenvalue weighted by Gasteiger charge is -2.33. The minimum Gasteiger partial charge on any atom is -0.489 e. The zero-order valence-electron chi connectivity index (χ0n) is 22.5. The molecule has 0 aliphatic heterocycles. The molecule has 0 heterocycles. The minimum atomic E-state index is 0.1000. The number of benzene rings is 2. The third-order valence-corrected chi connectivity index (χ3v) is 7.74. The van der Waals surface area contributed by atoms with Crippen molar-refractivity contribution in [1.29, 1.82) is 0 Å². The van der Waals surface area contributed by atoms with E-state index in [-0.39, 0.29) is 11.3 Å². The third kappa shape index (κ3) is 8.09. The molecule has 3 rings (SSSR count). The normalized spacial score (nSPS) is 18.8. The number of hydrogen-bond acceptors (Lipinski definition) is 2. The largest absolute Gasteiger partial charge is 0.489 e. The molecule has 0 saturated heterocycles. The highest BCUT2D eigenvalue weighted by Crippen LogP contribution is 2.44. The number of ether oxygens (including phenoxy) is 1. The summed E-state index contributed by atoms with van der Waals surface area (Å²) >= 11 is 0. The van der Waals surface area contributed by atoms with E-state index in [1.807, 2.05) is 6.07 Å². The van der Waals surface area contributed by atoms with Crippen LogP contribution in [0.15, 0.2) is 60.7 Å². The molecule has 2 atom stereocenters. The van der Waals surface area contributed by atoms with Gasteiger partial charge in [0.15, 0.2) is 0 Å². The Morgan fingerprint density at radius 3 is 2.54 bits per heavy atom. The Labute approximate surface area is 214 Å². The molecule has 2 aromatic carbocycles. The van der Waals surface area contributed by atoms with Gasteiger partial charge >= 0.3 is 0 Å². The molecule has 0 spiro atoms. The fourth-order valence-electron chi connectivity index (χ4n) is 5.41. The van der Waals surface area contributed by atoms with Crippen LogP contribution in [0.25, 0.3) is 0 Å². The third-order valence-electron chi connectivity index (χ3n) is 7.74. The van der Waals surface area contributed by atoms with E-state index in [4.69, 9.17) is 4.74 Å². The van der Waals surface area contributed by atoms with E-state index in [2.05, 4.69) is 82.3 Å². The average molecular weight is 475 g/mol. The van der Waals surface area contributed by atoms with Gasteiger partial charge in [-0.15, -0.1) is 0 Å². The number of carbonyl (C=O) groups is 1. The highest BCUT2D eigenvalue weighted by Gasteiger charge is 2.32. The summed E-state index contributed by atoms with van der Waals surface area (Å²) in [4.78, 5) is 12.6. The molecule has 2 nitrogen and oxygen atoms in total. The van der Waals surface area contributed by atoms with Gasteiger partial charge in [0.1, 0.15) is 18.1 Å². The zero-order valence-corrected chi connectivity index (χ0v) is 22.5. The summed E-state index contributed by atoms with van der Waals surface area (Å²) in [6.07, 6.45) is 15.3. The Bertz CT molecular complexity index is 941. The first-order chi connectivity index (χ1) is 16.9. The van der Waals surface area contributed by atoms with Gasteiger partial charge in [0.05, 0.1) is 0 Å². The van der Waals surface area contributed by atoms with Crippen molar-refractivity contribution in [2.24, 2.45) is 5.92 Å². The van der Waals surface area contributed by atoms with Crippen LogP contribution >= 0.6 is 0 Å². The van der Waals surface area contributed by atoms with Crippen LogP contribution < -0.4 is 4.74 Å². The van der Waals surface area contributed by atoms with Crippen LogP contribution in [0.1, 0.15) is 115 Å². The van der Waals surface area contributed by atoms with Crippen molar-refractivity contribution in [2.45, 2.75) is 110 Å². The Kier molecular flexibility index (Phi) is 10.6. The minimum absolute atomic E-state index is 0.1000. The van der Waals surface area contributed by atoms with Gasteiger partial charge in [-0.2, -0.15) is 0 Å². The number of unbranched alkanes of at least 4 members (excludes halogenated alkanes) is 3. The van der Waals surface area contributed by atoms with Crippen LogP contribution in [0.2, 0.25) is 0 Å². The van der Waals surface area contributed by atoms with Crippen LogP contribution in [0.4, 0.5) is 0 Å². The molecule has 0 N–H and O–H groups in total. The predicted molar refractivity (Wildman–Crippen MR) is 148 cm³/mol. The van der Waals surface area contributed by atoms with E-state index in [0.717, 1.165) is 25.0 Å². The molecule has 35 heavy (non-hydrogen) atoms. The molecule has 1 aliphatic rings. The second-order valence-corrected chi connectivity index (χ2v) is 11.0. The molecular formula is C33H46O2. The van der Waals surface area contributed by atoms with Gasteiger partial charge in [0, 0.05) is 12.8 Å². The van der Waals surface area contributed by atoms with Crippen LogP contribution in [-0.4, -0.2) is 5.78 Å². The quantitative estimate of drug-likeness (QED) is 0.213. The van der Waals surface area contributed by atoms with Gasteiger partial charge < -0.3 is 4.74 Å². The summed E-state index contributed by atoms with van der Waals surface area (Å²) in [6.45, 7) is 9.71. The van der Waals surface area contributed by atoms with Crippen molar-refractivity contribution in [2.75, 3.05) is 0 Å². The molecular weight excluding hydrogens is 428 g/mol. The summed E-state index contributed by atoms with van der Waals surface area (Å²) in [5.41, 5.74) is 3.83. The van der Waals surface area contributed by atoms with E-state index >= 15 is 0 Å². The van der Waals surface area contributed by atoms with Gasteiger partial charge in [-0.05, 0) is 65.7 Å². The van der Waals surface area contributed by atoms with E-state index in [1.165, 1.54) is 48.8 Å². The van der Waals surface area contributed by atoms with E-state index in [9.17, 15) is 4.79 Å². The predicted octanol–water partition coefficient (Wildman–Crippen LogP) is 9.32. The maximum atomic E-state index is 12.6. The van der Waals surface area contributed by atoms with Crippen molar-refractivity contribution in [3.05, 3.63) is 77.4 Å². The number of hydrogen-bond donors (Lipinski definition) is 0. The van der Waals surface area contributed by atoms with Crippen LogP contribution in [0, 0.1) is 5.92 Å². The van der Waals surface area contributed by atoms with Crippen LogP contribution in [0.5, 0.6) is 5.75 Å². The molecule has 190 valence electrons.